The van der Waals surface area contributed by atoms with Crippen molar-refractivity contribution in [2.45, 2.75) is 0 Å². The highest BCUT2D eigenvalue weighted by atomic mass is 32.1. The summed E-state index contributed by atoms with van der Waals surface area (Å²) in [5.74, 6) is 0. The number of fused-ring (bicyclic) bond motifs is 9. The molecule has 0 aliphatic heterocycles. The van der Waals surface area contributed by atoms with Crippen molar-refractivity contribution < 1.29 is 0 Å². The van der Waals surface area contributed by atoms with E-state index in [0.717, 1.165) is 0 Å². The van der Waals surface area contributed by atoms with E-state index >= 15 is 0 Å². The third-order valence-corrected chi connectivity index (χ3v) is 10.3. The van der Waals surface area contributed by atoms with Crippen LogP contribution in [0.1, 0.15) is 0 Å². The van der Waals surface area contributed by atoms with Gasteiger partial charge in [0.25, 0.3) is 0 Å². The molecule has 9 aromatic rings. The topological polar surface area (TPSA) is 4.93 Å². The smallest absolute Gasteiger partial charge is 0.0541 e. The lowest BCUT2D eigenvalue weighted by Gasteiger charge is -2.10. The number of para-hydroxylation sites is 1. The molecule has 7 aromatic carbocycles. The average molecular weight is 550 g/mol. The Hall–Kier alpha value is -5.18. The first-order valence-corrected chi connectivity index (χ1v) is 15.3. The molecule has 10 rings (SSSR count). The fourth-order valence-electron chi connectivity index (χ4n) is 7.26. The van der Waals surface area contributed by atoms with Crippen molar-refractivity contribution in [1.29, 1.82) is 0 Å². The van der Waals surface area contributed by atoms with Gasteiger partial charge in [-0.2, -0.15) is 0 Å². The minimum atomic E-state index is 1.20. The molecular weight excluding hydrogens is 527 g/mol. The van der Waals surface area contributed by atoms with Gasteiger partial charge >= 0.3 is 0 Å². The second-order valence-corrected chi connectivity index (χ2v) is 12.4. The molecule has 0 N–H and O–H groups in total. The predicted molar refractivity (Wildman–Crippen MR) is 181 cm³/mol. The molecular formula is C40H23NS. The van der Waals surface area contributed by atoms with Gasteiger partial charge in [0.2, 0.25) is 0 Å². The van der Waals surface area contributed by atoms with Crippen LogP contribution >= 0.6 is 11.3 Å². The fraction of sp³-hybridized carbons (Fsp3) is 0. The van der Waals surface area contributed by atoms with Crippen LogP contribution in [0.5, 0.6) is 0 Å². The standard InChI is InChI=1S/C40H23NS/c1-3-13-36-29(9-1)34-22-26(25-15-18-28-31-11-5-7-24-8-6-12-32(40(24)31)33(28)21-25)16-19-37(34)41(36)27-17-20-39-35(23-27)30-10-2-4-14-38(30)42-39/h1-23H. The van der Waals surface area contributed by atoms with E-state index in [1.807, 2.05) is 11.3 Å². The van der Waals surface area contributed by atoms with Crippen molar-refractivity contribution in [3.8, 4) is 39.1 Å². The van der Waals surface area contributed by atoms with Crippen LogP contribution in [0.25, 0.3) is 91.8 Å². The van der Waals surface area contributed by atoms with E-state index < -0.39 is 0 Å². The third-order valence-electron chi connectivity index (χ3n) is 9.13. The SMILES string of the molecule is c1cc2c3c(cccc3c1)-c1cc(-c3ccc4c(c3)c3ccccc3n4-c3ccc4sc5ccccc5c4c3)ccc1-2. The van der Waals surface area contributed by atoms with Gasteiger partial charge in [0.05, 0.1) is 11.0 Å². The molecule has 2 heteroatoms. The summed E-state index contributed by atoms with van der Waals surface area (Å²) in [5.41, 5.74) is 11.5. The van der Waals surface area contributed by atoms with Crippen LogP contribution in [0.2, 0.25) is 0 Å². The van der Waals surface area contributed by atoms with E-state index in [-0.39, 0.29) is 0 Å². The first-order valence-electron chi connectivity index (χ1n) is 14.4. The molecule has 194 valence electrons. The summed E-state index contributed by atoms with van der Waals surface area (Å²) in [5, 5.41) is 7.90. The minimum absolute atomic E-state index is 1.20. The zero-order valence-corrected chi connectivity index (χ0v) is 23.5. The molecule has 0 atom stereocenters. The van der Waals surface area contributed by atoms with E-state index in [1.54, 1.807) is 0 Å². The molecule has 0 spiro atoms. The van der Waals surface area contributed by atoms with Crippen LogP contribution < -0.4 is 0 Å². The average Bonchev–Trinajstić information content (AvgIpc) is 3.69. The van der Waals surface area contributed by atoms with Gasteiger partial charge in [0.15, 0.2) is 0 Å². The second-order valence-electron chi connectivity index (χ2n) is 11.3. The zero-order chi connectivity index (χ0) is 27.4. The Morgan fingerprint density at radius 1 is 0.405 bits per heavy atom. The monoisotopic (exact) mass is 549 g/mol. The molecule has 0 saturated heterocycles. The first-order chi connectivity index (χ1) is 20.8. The van der Waals surface area contributed by atoms with Gasteiger partial charge < -0.3 is 4.57 Å². The second kappa shape index (κ2) is 8.19. The molecule has 0 saturated carbocycles. The molecule has 0 bridgehead atoms. The maximum atomic E-state index is 2.43. The van der Waals surface area contributed by atoms with E-state index in [4.69, 9.17) is 0 Å². The maximum Gasteiger partial charge on any atom is 0.0541 e. The van der Waals surface area contributed by atoms with Crippen LogP contribution in [-0.2, 0) is 0 Å². The number of nitrogens with zero attached hydrogens (tertiary/aromatic N) is 1. The molecule has 0 amide bonds. The number of rotatable bonds is 2. The van der Waals surface area contributed by atoms with E-state index in [0.29, 0.717) is 0 Å². The van der Waals surface area contributed by atoms with Crippen molar-refractivity contribution >= 4 is 64.1 Å². The van der Waals surface area contributed by atoms with Gasteiger partial charge in [0, 0.05) is 36.6 Å². The van der Waals surface area contributed by atoms with Gasteiger partial charge in [-0.3, -0.25) is 0 Å². The van der Waals surface area contributed by atoms with Crippen molar-refractivity contribution in [1.82, 2.24) is 4.57 Å². The Kier molecular flexibility index (Phi) is 4.39. The highest BCUT2D eigenvalue weighted by Gasteiger charge is 2.22. The predicted octanol–water partition coefficient (Wildman–Crippen LogP) is 11.6. The van der Waals surface area contributed by atoms with Crippen molar-refractivity contribution in [2.24, 2.45) is 0 Å². The molecule has 1 aliphatic carbocycles. The number of hydrogen-bond donors (Lipinski definition) is 0. The van der Waals surface area contributed by atoms with E-state index in [9.17, 15) is 0 Å². The van der Waals surface area contributed by atoms with Crippen LogP contribution in [0.4, 0.5) is 0 Å². The fourth-order valence-corrected chi connectivity index (χ4v) is 8.34. The quantitative estimate of drug-likeness (QED) is 0.202. The van der Waals surface area contributed by atoms with Crippen LogP contribution in [0.3, 0.4) is 0 Å². The summed E-state index contributed by atoms with van der Waals surface area (Å²) in [4.78, 5) is 0. The van der Waals surface area contributed by atoms with Gasteiger partial charge in [-0.05, 0) is 92.7 Å². The summed E-state index contributed by atoms with van der Waals surface area (Å²) in [6.45, 7) is 0. The van der Waals surface area contributed by atoms with Crippen LogP contribution in [0, 0.1) is 0 Å². The Balaban J connectivity index is 1.17. The molecule has 0 unspecified atom stereocenters. The van der Waals surface area contributed by atoms with Gasteiger partial charge in [-0.25, -0.2) is 0 Å². The third kappa shape index (κ3) is 2.97. The zero-order valence-electron chi connectivity index (χ0n) is 22.6. The van der Waals surface area contributed by atoms with Crippen molar-refractivity contribution in [2.75, 3.05) is 0 Å². The molecule has 1 nitrogen and oxygen atoms in total. The molecule has 1 aliphatic rings. The Bertz CT molecular complexity index is 2570. The molecule has 0 radical (unpaired) electrons. The largest absolute Gasteiger partial charge is 0.309 e. The lowest BCUT2D eigenvalue weighted by molar-refractivity contribution is 1.19. The number of hydrogen-bond acceptors (Lipinski definition) is 1. The van der Waals surface area contributed by atoms with E-state index in [2.05, 4.69) is 144 Å². The van der Waals surface area contributed by atoms with Gasteiger partial charge in [-0.15, -0.1) is 11.3 Å². The normalized spacial score (nSPS) is 12.3. The first kappa shape index (κ1) is 22.5. The number of benzene rings is 7. The molecule has 2 aromatic heterocycles. The number of aromatic nitrogens is 1. The highest BCUT2D eigenvalue weighted by molar-refractivity contribution is 7.25. The molecule has 2 heterocycles. The Morgan fingerprint density at radius 3 is 2.02 bits per heavy atom. The van der Waals surface area contributed by atoms with Crippen molar-refractivity contribution in [3.63, 3.8) is 0 Å². The lowest BCUT2D eigenvalue weighted by atomic mass is 9.96. The van der Waals surface area contributed by atoms with Gasteiger partial charge in [0.1, 0.15) is 0 Å². The Morgan fingerprint density at radius 2 is 1.12 bits per heavy atom. The summed E-state index contributed by atoms with van der Waals surface area (Å²) >= 11 is 1.87. The maximum absolute atomic E-state index is 2.43. The summed E-state index contributed by atoms with van der Waals surface area (Å²) < 4.78 is 5.10. The summed E-state index contributed by atoms with van der Waals surface area (Å²) in [6.07, 6.45) is 0. The highest BCUT2D eigenvalue weighted by Crippen LogP contribution is 2.48. The summed E-state index contributed by atoms with van der Waals surface area (Å²) in [7, 11) is 0. The Labute approximate surface area is 246 Å². The van der Waals surface area contributed by atoms with Crippen LogP contribution in [0.15, 0.2) is 140 Å². The van der Waals surface area contributed by atoms with E-state index in [1.165, 1.54) is 91.8 Å². The number of thiophene rings is 1. The molecule has 0 fully saturated rings. The summed E-state index contributed by atoms with van der Waals surface area (Å²) in [6, 6.07) is 51.8. The lowest BCUT2D eigenvalue weighted by Crippen LogP contribution is -1.93. The molecule has 42 heavy (non-hydrogen) atoms. The van der Waals surface area contributed by atoms with Crippen LogP contribution in [-0.4, -0.2) is 4.57 Å². The minimum Gasteiger partial charge on any atom is -0.309 e. The van der Waals surface area contributed by atoms with Gasteiger partial charge in [-0.1, -0.05) is 91.0 Å². The van der Waals surface area contributed by atoms with Crippen molar-refractivity contribution in [3.05, 3.63) is 140 Å².